The molecule has 5 nitrogen and oxygen atoms in total. The molecule has 0 radical (unpaired) electrons. The molecule has 0 aliphatic heterocycles. The Balaban J connectivity index is 2.08. The number of nitrogens with one attached hydrogen (secondary N) is 2. The van der Waals surface area contributed by atoms with E-state index in [1.807, 2.05) is 13.0 Å². The third-order valence-corrected chi connectivity index (χ3v) is 3.37. The fourth-order valence-electron chi connectivity index (χ4n) is 2.20. The average Bonchev–Trinajstić information content (AvgIpc) is 2.52. The lowest BCUT2D eigenvalue weighted by Crippen LogP contribution is -2.19. The van der Waals surface area contributed by atoms with Crippen molar-refractivity contribution in [3.05, 3.63) is 59.4 Å². The van der Waals surface area contributed by atoms with Crippen molar-refractivity contribution in [2.24, 2.45) is 5.73 Å². The van der Waals surface area contributed by atoms with Crippen LogP contribution in [0.3, 0.4) is 0 Å². The number of carbonyl (C=O) groups excluding carboxylic acids is 2. The molecule has 0 saturated carbocycles. The maximum atomic E-state index is 12.9. The van der Waals surface area contributed by atoms with Gasteiger partial charge in [-0.15, -0.1) is 0 Å². The number of aryl methyl sites for hydroxylation is 1. The molecule has 126 valence electrons. The first kappa shape index (κ1) is 17.6. The van der Waals surface area contributed by atoms with Crippen LogP contribution < -0.4 is 16.4 Å². The van der Waals surface area contributed by atoms with E-state index in [2.05, 4.69) is 10.6 Å². The quantitative estimate of drug-likeness (QED) is 0.761. The fourth-order valence-corrected chi connectivity index (χ4v) is 2.20. The summed E-state index contributed by atoms with van der Waals surface area (Å²) in [6.45, 7) is 2.15. The second-order valence-electron chi connectivity index (χ2n) is 5.49. The maximum absolute atomic E-state index is 12.9. The molecule has 2 aromatic rings. The Labute approximate surface area is 140 Å². The zero-order valence-electron chi connectivity index (χ0n) is 13.4. The Morgan fingerprint density at radius 2 is 1.67 bits per heavy atom. The van der Waals surface area contributed by atoms with Crippen LogP contribution in [0.5, 0.6) is 0 Å². The van der Waals surface area contributed by atoms with Crippen molar-refractivity contribution < 1.29 is 14.0 Å². The molecular formula is C18H20FN3O2. The molecule has 2 rings (SSSR count). The minimum atomic E-state index is -0.345. The van der Waals surface area contributed by atoms with Gasteiger partial charge < -0.3 is 16.4 Å². The van der Waals surface area contributed by atoms with E-state index in [1.165, 1.54) is 12.1 Å². The lowest BCUT2D eigenvalue weighted by molar-refractivity contribution is -0.116. The van der Waals surface area contributed by atoms with E-state index in [4.69, 9.17) is 5.73 Å². The molecular weight excluding hydrogens is 309 g/mol. The van der Waals surface area contributed by atoms with Crippen molar-refractivity contribution in [1.82, 2.24) is 0 Å². The van der Waals surface area contributed by atoms with Gasteiger partial charge in [0.1, 0.15) is 5.82 Å². The van der Waals surface area contributed by atoms with Crippen LogP contribution in [0.1, 0.15) is 17.5 Å². The van der Waals surface area contributed by atoms with Crippen molar-refractivity contribution in [2.75, 3.05) is 17.2 Å². The fraction of sp³-hybridized carbons (Fsp3) is 0.222. The van der Waals surface area contributed by atoms with Crippen LogP contribution in [0.25, 0.3) is 0 Å². The number of nitrogens with two attached hydrogens (primary N) is 1. The van der Waals surface area contributed by atoms with Crippen LogP contribution >= 0.6 is 0 Å². The second kappa shape index (κ2) is 8.21. The van der Waals surface area contributed by atoms with Gasteiger partial charge in [-0.25, -0.2) is 4.39 Å². The van der Waals surface area contributed by atoms with Crippen molar-refractivity contribution in [3.8, 4) is 0 Å². The van der Waals surface area contributed by atoms with Crippen molar-refractivity contribution in [1.29, 1.82) is 0 Å². The van der Waals surface area contributed by atoms with Crippen molar-refractivity contribution in [2.45, 2.75) is 19.8 Å². The first-order valence-electron chi connectivity index (χ1n) is 7.63. The van der Waals surface area contributed by atoms with E-state index in [0.717, 1.165) is 5.56 Å². The van der Waals surface area contributed by atoms with Crippen LogP contribution in [-0.4, -0.2) is 18.4 Å². The van der Waals surface area contributed by atoms with Gasteiger partial charge >= 0.3 is 0 Å². The lowest BCUT2D eigenvalue weighted by Gasteiger charge is -2.13. The Hall–Kier alpha value is -2.73. The van der Waals surface area contributed by atoms with E-state index in [-0.39, 0.29) is 37.0 Å². The van der Waals surface area contributed by atoms with Crippen LogP contribution in [0.2, 0.25) is 0 Å². The van der Waals surface area contributed by atoms with Gasteiger partial charge in [-0.3, -0.25) is 9.59 Å². The monoisotopic (exact) mass is 329 g/mol. The van der Waals surface area contributed by atoms with Gasteiger partial charge in [0.25, 0.3) is 0 Å². The minimum Gasteiger partial charge on any atom is -0.330 e. The van der Waals surface area contributed by atoms with Gasteiger partial charge in [0, 0.05) is 13.0 Å². The van der Waals surface area contributed by atoms with Gasteiger partial charge in [0.05, 0.1) is 17.8 Å². The molecule has 0 aliphatic carbocycles. The highest BCUT2D eigenvalue weighted by Crippen LogP contribution is 2.23. The predicted octanol–water partition coefficient (Wildman–Crippen LogP) is 2.60. The third kappa shape index (κ3) is 5.17. The van der Waals surface area contributed by atoms with Crippen LogP contribution in [0, 0.1) is 12.7 Å². The van der Waals surface area contributed by atoms with Crippen LogP contribution in [-0.2, 0) is 16.0 Å². The van der Waals surface area contributed by atoms with Crippen LogP contribution in [0.4, 0.5) is 15.8 Å². The number of hydrogen-bond acceptors (Lipinski definition) is 3. The second-order valence-corrected chi connectivity index (χ2v) is 5.49. The predicted molar refractivity (Wildman–Crippen MR) is 92.2 cm³/mol. The normalized spacial score (nSPS) is 10.3. The molecule has 4 N–H and O–H groups in total. The zero-order valence-corrected chi connectivity index (χ0v) is 13.4. The van der Waals surface area contributed by atoms with E-state index < -0.39 is 0 Å². The summed E-state index contributed by atoms with van der Waals surface area (Å²) < 4.78 is 12.9. The van der Waals surface area contributed by atoms with E-state index >= 15 is 0 Å². The van der Waals surface area contributed by atoms with E-state index in [1.54, 1.807) is 24.3 Å². The summed E-state index contributed by atoms with van der Waals surface area (Å²) in [5.41, 5.74) is 8.07. The molecule has 2 aromatic carbocycles. The molecule has 0 saturated heterocycles. The van der Waals surface area contributed by atoms with Gasteiger partial charge in [0.2, 0.25) is 11.8 Å². The molecule has 6 heteroatoms. The summed E-state index contributed by atoms with van der Waals surface area (Å²) in [6, 6.07) is 11.1. The van der Waals surface area contributed by atoms with Gasteiger partial charge in [0.15, 0.2) is 0 Å². The summed E-state index contributed by atoms with van der Waals surface area (Å²) >= 11 is 0. The Kier molecular flexibility index (Phi) is 6.03. The standard InChI is InChI=1S/C18H20FN3O2/c1-12-2-7-15(16(10-12)22-17(23)8-9-20)21-18(24)11-13-3-5-14(19)6-4-13/h2-7,10H,8-9,11,20H2,1H3,(H,21,24)(H,22,23). The van der Waals surface area contributed by atoms with E-state index in [0.29, 0.717) is 16.9 Å². The molecule has 0 aromatic heterocycles. The molecule has 0 unspecified atom stereocenters. The summed E-state index contributed by atoms with van der Waals surface area (Å²) in [5, 5.41) is 5.52. The smallest absolute Gasteiger partial charge is 0.228 e. The van der Waals surface area contributed by atoms with Gasteiger partial charge in [-0.2, -0.15) is 0 Å². The number of amides is 2. The highest BCUT2D eigenvalue weighted by Gasteiger charge is 2.10. The zero-order chi connectivity index (χ0) is 17.5. The van der Waals surface area contributed by atoms with Gasteiger partial charge in [-0.05, 0) is 42.3 Å². The largest absolute Gasteiger partial charge is 0.330 e. The average molecular weight is 329 g/mol. The third-order valence-electron chi connectivity index (χ3n) is 3.37. The Morgan fingerprint density at radius 1 is 1.00 bits per heavy atom. The summed E-state index contributed by atoms with van der Waals surface area (Å²) in [5.74, 6) is -0.806. The molecule has 0 bridgehead atoms. The molecule has 2 amide bonds. The summed E-state index contributed by atoms with van der Waals surface area (Å²) in [7, 11) is 0. The molecule has 0 fully saturated rings. The summed E-state index contributed by atoms with van der Waals surface area (Å²) in [4.78, 5) is 23.9. The number of anilines is 2. The van der Waals surface area contributed by atoms with Crippen LogP contribution in [0.15, 0.2) is 42.5 Å². The maximum Gasteiger partial charge on any atom is 0.228 e. The molecule has 0 heterocycles. The minimum absolute atomic E-state index is 0.115. The van der Waals surface area contributed by atoms with Gasteiger partial charge in [-0.1, -0.05) is 18.2 Å². The topological polar surface area (TPSA) is 84.2 Å². The number of hydrogen-bond donors (Lipinski definition) is 3. The summed E-state index contributed by atoms with van der Waals surface area (Å²) in [6.07, 6.45) is 0.321. The SMILES string of the molecule is Cc1ccc(NC(=O)Cc2ccc(F)cc2)c(NC(=O)CCN)c1. The molecule has 0 spiro atoms. The first-order valence-corrected chi connectivity index (χ1v) is 7.63. The Morgan fingerprint density at radius 3 is 2.33 bits per heavy atom. The lowest BCUT2D eigenvalue weighted by atomic mass is 10.1. The van der Waals surface area contributed by atoms with E-state index in [9.17, 15) is 14.0 Å². The number of benzene rings is 2. The van der Waals surface area contributed by atoms with Crippen molar-refractivity contribution in [3.63, 3.8) is 0 Å². The molecule has 0 atom stereocenters. The molecule has 24 heavy (non-hydrogen) atoms. The van der Waals surface area contributed by atoms with Crippen molar-refractivity contribution >= 4 is 23.2 Å². The first-order chi connectivity index (χ1) is 11.5. The number of halogens is 1. The highest BCUT2D eigenvalue weighted by atomic mass is 19.1. The number of rotatable bonds is 6. The Bertz CT molecular complexity index is 730. The number of carbonyl (C=O) groups is 2. The highest BCUT2D eigenvalue weighted by molar-refractivity contribution is 6.00. The molecule has 0 aliphatic rings.